The van der Waals surface area contributed by atoms with Crippen LogP contribution in [0.15, 0.2) is 30.3 Å². The average molecular weight is 414 g/mol. The molecule has 0 N–H and O–H groups in total. The minimum absolute atomic E-state index is 0.0300. The predicted octanol–water partition coefficient (Wildman–Crippen LogP) is 7.84. The van der Waals surface area contributed by atoms with E-state index in [1.54, 1.807) is 0 Å². The van der Waals surface area contributed by atoms with Gasteiger partial charge in [-0.05, 0) is 47.7 Å². The normalized spacial score (nSPS) is 13.3. The Bertz CT molecular complexity index is 869. The summed E-state index contributed by atoms with van der Waals surface area (Å²) in [5.41, 5.74) is -6.21. The van der Waals surface area contributed by atoms with Crippen molar-refractivity contribution in [2.24, 2.45) is 0 Å². The fraction of sp³-hybridized carbons (Fsp3) is 0.368. The lowest BCUT2D eigenvalue weighted by Gasteiger charge is -2.24. The van der Waals surface area contributed by atoms with Gasteiger partial charge in [0.25, 0.3) is 0 Å². The molecule has 28 heavy (non-hydrogen) atoms. The van der Waals surface area contributed by atoms with Gasteiger partial charge in [-0.3, -0.25) is 0 Å². The number of hydrogen-bond donors (Lipinski definition) is 0. The van der Waals surface area contributed by atoms with Crippen molar-refractivity contribution in [2.45, 2.75) is 45.2 Å². The van der Waals surface area contributed by atoms with E-state index in [2.05, 4.69) is 0 Å². The number of rotatable bonds is 2. The Morgan fingerprint density at radius 1 is 0.679 bits per heavy atom. The predicted molar refractivity (Wildman–Crippen MR) is 85.7 cm³/mol. The Morgan fingerprint density at radius 3 is 1.64 bits per heavy atom. The third-order valence-electron chi connectivity index (χ3n) is 4.16. The van der Waals surface area contributed by atoms with Gasteiger partial charge in [0, 0.05) is 0 Å². The van der Waals surface area contributed by atoms with Gasteiger partial charge in [0.1, 0.15) is 0 Å². The van der Waals surface area contributed by atoms with Crippen LogP contribution in [0, 0.1) is 6.92 Å². The number of halogens is 9. The lowest BCUT2D eigenvalue weighted by atomic mass is 9.84. The first kappa shape index (κ1) is 22.1. The quantitative estimate of drug-likeness (QED) is 0.439. The molecule has 0 nitrogen and oxygen atoms in total. The molecule has 0 fully saturated rings. The van der Waals surface area contributed by atoms with E-state index >= 15 is 0 Å². The molecule has 0 spiro atoms. The largest absolute Gasteiger partial charge is 0.417 e. The highest BCUT2D eigenvalue weighted by Crippen LogP contribution is 2.47. The Hall–Kier alpha value is -2.19. The van der Waals surface area contributed by atoms with Crippen molar-refractivity contribution in [3.05, 3.63) is 58.1 Å². The monoisotopic (exact) mass is 414 g/mol. The van der Waals surface area contributed by atoms with Crippen LogP contribution in [0.1, 0.15) is 47.6 Å². The fourth-order valence-electron chi connectivity index (χ4n) is 2.97. The lowest BCUT2D eigenvalue weighted by Crippen LogP contribution is -2.15. The highest BCUT2D eigenvalue weighted by Gasteiger charge is 2.41. The zero-order chi connectivity index (χ0) is 21.7. The summed E-state index contributed by atoms with van der Waals surface area (Å²) in [6.07, 6.45) is -15.3. The van der Waals surface area contributed by atoms with Gasteiger partial charge in [-0.1, -0.05) is 31.5 Å². The molecule has 9 heteroatoms. The molecule has 0 bridgehead atoms. The molecule has 0 aliphatic rings. The third-order valence-corrected chi connectivity index (χ3v) is 4.16. The van der Waals surface area contributed by atoms with Crippen LogP contribution in [0.5, 0.6) is 0 Å². The molecule has 0 saturated carbocycles. The van der Waals surface area contributed by atoms with Gasteiger partial charge in [0.05, 0.1) is 16.7 Å². The first-order valence-corrected chi connectivity index (χ1v) is 8.04. The minimum atomic E-state index is -5.28. The highest BCUT2D eigenvalue weighted by atomic mass is 19.4. The third kappa shape index (κ3) is 4.44. The minimum Gasteiger partial charge on any atom is -0.166 e. The number of alkyl halides is 9. The molecule has 2 aromatic carbocycles. The summed E-state index contributed by atoms with van der Waals surface area (Å²) in [7, 11) is 0. The van der Waals surface area contributed by atoms with E-state index in [-0.39, 0.29) is 17.2 Å². The summed E-state index contributed by atoms with van der Waals surface area (Å²) in [4.78, 5) is 0. The van der Waals surface area contributed by atoms with E-state index in [0.717, 1.165) is 0 Å². The van der Waals surface area contributed by atoms with Gasteiger partial charge in [-0.25, -0.2) is 0 Å². The van der Waals surface area contributed by atoms with E-state index in [1.165, 1.54) is 26.8 Å². The summed E-state index contributed by atoms with van der Waals surface area (Å²) in [5, 5.41) is 0. The van der Waals surface area contributed by atoms with Crippen LogP contribution in [0.4, 0.5) is 39.5 Å². The van der Waals surface area contributed by atoms with Crippen LogP contribution >= 0.6 is 0 Å². The van der Waals surface area contributed by atoms with Gasteiger partial charge in [-0.15, -0.1) is 0 Å². The summed E-state index contributed by atoms with van der Waals surface area (Å²) < 4.78 is 120. The zero-order valence-electron chi connectivity index (χ0n) is 14.9. The smallest absolute Gasteiger partial charge is 0.166 e. The van der Waals surface area contributed by atoms with Crippen LogP contribution in [0.3, 0.4) is 0 Å². The highest BCUT2D eigenvalue weighted by molar-refractivity contribution is 5.76. The second kappa shape index (κ2) is 7.00. The molecule has 0 amide bonds. The summed E-state index contributed by atoms with van der Waals surface area (Å²) in [6, 6.07) is 2.66. The van der Waals surface area contributed by atoms with Crippen LogP contribution in [-0.2, 0) is 18.5 Å². The van der Waals surface area contributed by atoms with E-state index < -0.39 is 52.3 Å². The summed E-state index contributed by atoms with van der Waals surface area (Å²) in [5.74, 6) is -0.598. The van der Waals surface area contributed by atoms with Crippen molar-refractivity contribution in [2.75, 3.05) is 0 Å². The molecule has 0 saturated heterocycles. The Kier molecular flexibility index (Phi) is 5.53. The first-order valence-electron chi connectivity index (χ1n) is 8.04. The van der Waals surface area contributed by atoms with E-state index in [4.69, 9.17) is 0 Å². The van der Waals surface area contributed by atoms with Crippen LogP contribution in [-0.4, -0.2) is 0 Å². The van der Waals surface area contributed by atoms with Crippen molar-refractivity contribution >= 4 is 0 Å². The van der Waals surface area contributed by atoms with E-state index in [0.29, 0.717) is 18.2 Å². The van der Waals surface area contributed by atoms with Crippen LogP contribution < -0.4 is 0 Å². The SMILES string of the molecule is Cc1cc(C(C)C)c(-c2ccc(C(F)(F)F)cc2C(F)(F)F)c(C(F)(F)F)c1. The van der Waals surface area contributed by atoms with Gasteiger partial charge in [0.15, 0.2) is 0 Å². The van der Waals surface area contributed by atoms with Crippen molar-refractivity contribution in [3.63, 3.8) is 0 Å². The summed E-state index contributed by atoms with van der Waals surface area (Å²) in [6.45, 7) is 4.36. The zero-order valence-corrected chi connectivity index (χ0v) is 14.9. The topological polar surface area (TPSA) is 0 Å². The molecule has 2 aromatic rings. The molecule has 0 heterocycles. The number of benzene rings is 2. The maximum Gasteiger partial charge on any atom is 0.417 e. The fourth-order valence-corrected chi connectivity index (χ4v) is 2.97. The van der Waals surface area contributed by atoms with Gasteiger partial charge >= 0.3 is 18.5 Å². The standard InChI is InChI=1S/C19H15F9/c1-9(2)13-6-10(3)7-15(19(26,27)28)16(13)12-5-4-11(17(20,21)22)8-14(12)18(23,24)25/h4-9H,1-3H3. The molecule has 0 atom stereocenters. The van der Waals surface area contributed by atoms with Crippen LogP contribution in [0.2, 0.25) is 0 Å². The first-order chi connectivity index (χ1) is 12.5. The van der Waals surface area contributed by atoms with Crippen molar-refractivity contribution in [3.8, 4) is 11.1 Å². The number of aryl methyl sites for hydroxylation is 1. The van der Waals surface area contributed by atoms with Gasteiger partial charge in [0.2, 0.25) is 0 Å². The maximum absolute atomic E-state index is 13.6. The second-order valence-electron chi connectivity index (χ2n) is 6.69. The molecule has 0 aliphatic heterocycles. The van der Waals surface area contributed by atoms with Crippen molar-refractivity contribution < 1.29 is 39.5 Å². The Labute approximate surface area is 155 Å². The Morgan fingerprint density at radius 2 is 1.21 bits per heavy atom. The van der Waals surface area contributed by atoms with Gasteiger partial charge < -0.3 is 0 Å². The second-order valence-corrected chi connectivity index (χ2v) is 6.69. The molecule has 0 aliphatic carbocycles. The molecule has 2 rings (SSSR count). The Balaban J connectivity index is 2.99. The molecule has 0 unspecified atom stereocenters. The lowest BCUT2D eigenvalue weighted by molar-refractivity contribution is -0.143. The molecule has 0 radical (unpaired) electrons. The molecular weight excluding hydrogens is 399 g/mol. The van der Waals surface area contributed by atoms with E-state index in [9.17, 15) is 39.5 Å². The number of hydrogen-bond acceptors (Lipinski definition) is 0. The average Bonchev–Trinajstić information content (AvgIpc) is 2.51. The van der Waals surface area contributed by atoms with Crippen molar-refractivity contribution in [1.29, 1.82) is 0 Å². The molecular formula is C19H15F9. The molecule has 154 valence electrons. The van der Waals surface area contributed by atoms with E-state index in [1.807, 2.05) is 0 Å². The maximum atomic E-state index is 13.6. The molecule has 0 aromatic heterocycles. The summed E-state index contributed by atoms with van der Waals surface area (Å²) >= 11 is 0. The van der Waals surface area contributed by atoms with Crippen molar-refractivity contribution in [1.82, 2.24) is 0 Å². The van der Waals surface area contributed by atoms with Crippen LogP contribution in [0.25, 0.3) is 11.1 Å². The van der Waals surface area contributed by atoms with Gasteiger partial charge in [-0.2, -0.15) is 39.5 Å².